The van der Waals surface area contributed by atoms with E-state index in [-0.39, 0.29) is 5.82 Å². The van der Waals surface area contributed by atoms with E-state index in [1.807, 2.05) is 43.3 Å². The summed E-state index contributed by atoms with van der Waals surface area (Å²) in [6.07, 6.45) is 0. The third-order valence-electron chi connectivity index (χ3n) is 3.85. The highest BCUT2D eigenvalue weighted by molar-refractivity contribution is 7.16. The molecule has 0 N–H and O–H groups in total. The van der Waals surface area contributed by atoms with Crippen molar-refractivity contribution in [3.8, 4) is 17.1 Å². The average molecular weight is 369 g/mol. The van der Waals surface area contributed by atoms with Crippen LogP contribution in [0.25, 0.3) is 16.3 Å². The second kappa shape index (κ2) is 6.72. The van der Waals surface area contributed by atoms with E-state index in [4.69, 9.17) is 4.74 Å². The maximum atomic E-state index is 12.9. The number of ether oxygens (including phenoxy) is 1. The van der Waals surface area contributed by atoms with Gasteiger partial charge in [-0.1, -0.05) is 11.3 Å². The molecule has 0 atom stereocenters. The van der Waals surface area contributed by atoms with Crippen molar-refractivity contribution >= 4 is 22.0 Å². The van der Waals surface area contributed by atoms with Gasteiger partial charge in [0.25, 0.3) is 0 Å². The van der Waals surface area contributed by atoms with Crippen molar-refractivity contribution in [2.24, 2.45) is 0 Å². The second-order valence-corrected chi connectivity index (χ2v) is 6.94. The number of nitrogens with zero attached hydrogens (tertiary/aromatic N) is 5. The number of rotatable bonds is 5. The highest BCUT2D eigenvalue weighted by Crippen LogP contribution is 2.24. The minimum absolute atomic E-state index is 0.290. The van der Waals surface area contributed by atoms with E-state index >= 15 is 0 Å². The van der Waals surface area contributed by atoms with Crippen LogP contribution in [0, 0.1) is 5.82 Å². The van der Waals surface area contributed by atoms with Gasteiger partial charge in [-0.3, -0.25) is 0 Å². The van der Waals surface area contributed by atoms with Crippen LogP contribution in [0.4, 0.5) is 10.1 Å². The zero-order chi connectivity index (χ0) is 18.1. The van der Waals surface area contributed by atoms with Crippen molar-refractivity contribution in [2.75, 3.05) is 19.0 Å². The van der Waals surface area contributed by atoms with Gasteiger partial charge in [-0.05, 0) is 48.5 Å². The third-order valence-corrected chi connectivity index (χ3v) is 4.72. The Hall–Kier alpha value is -3.00. The van der Waals surface area contributed by atoms with Crippen LogP contribution in [0.2, 0.25) is 0 Å². The number of hydrogen-bond donors (Lipinski definition) is 0. The molecule has 0 spiro atoms. The van der Waals surface area contributed by atoms with Gasteiger partial charge in [-0.25, -0.2) is 4.39 Å². The summed E-state index contributed by atoms with van der Waals surface area (Å²) in [5, 5.41) is 13.7. The Morgan fingerprint density at radius 2 is 1.77 bits per heavy atom. The van der Waals surface area contributed by atoms with Gasteiger partial charge in [0.15, 0.2) is 10.8 Å². The molecule has 0 unspecified atom stereocenters. The lowest BCUT2D eigenvalue weighted by Crippen LogP contribution is -2.08. The van der Waals surface area contributed by atoms with E-state index in [0.29, 0.717) is 23.1 Å². The summed E-state index contributed by atoms with van der Waals surface area (Å²) in [4.78, 5) is 2.74. The Morgan fingerprint density at radius 1 is 1.04 bits per heavy atom. The number of hydrogen-bond acceptors (Lipinski definition) is 6. The lowest BCUT2D eigenvalue weighted by molar-refractivity contribution is 0.303. The third kappa shape index (κ3) is 3.23. The minimum atomic E-state index is -0.291. The highest BCUT2D eigenvalue weighted by atomic mass is 32.1. The molecule has 8 heteroatoms. The molecule has 0 saturated carbocycles. The lowest BCUT2D eigenvalue weighted by Gasteiger charge is -2.12. The number of anilines is 1. The minimum Gasteiger partial charge on any atom is -0.486 e. The predicted molar refractivity (Wildman–Crippen MR) is 99.2 cm³/mol. The van der Waals surface area contributed by atoms with Gasteiger partial charge in [0.1, 0.15) is 18.2 Å². The zero-order valence-corrected chi connectivity index (χ0v) is 15.1. The van der Waals surface area contributed by atoms with E-state index in [9.17, 15) is 4.39 Å². The van der Waals surface area contributed by atoms with Crippen LogP contribution in [-0.2, 0) is 6.61 Å². The number of halogens is 1. The maximum absolute atomic E-state index is 12.9. The topological polar surface area (TPSA) is 55.5 Å². The standard InChI is InChI=1S/C18H16FN5OS/c1-23(2)14-7-3-12(4-8-14)17-20-21-18-24(17)22-16(26-18)11-25-15-9-5-13(19)6-10-15/h3-10H,11H2,1-2H3. The molecule has 2 aromatic carbocycles. The van der Waals surface area contributed by atoms with E-state index in [0.717, 1.165) is 16.3 Å². The van der Waals surface area contributed by atoms with E-state index < -0.39 is 0 Å². The van der Waals surface area contributed by atoms with Crippen LogP contribution in [0.5, 0.6) is 5.75 Å². The Balaban J connectivity index is 1.55. The molecule has 0 aliphatic rings. The van der Waals surface area contributed by atoms with Crippen LogP contribution in [-0.4, -0.2) is 33.9 Å². The molecule has 0 fully saturated rings. The molecule has 2 aromatic heterocycles. The SMILES string of the molecule is CN(C)c1ccc(-c2nnc3sc(COc4ccc(F)cc4)nn23)cc1. The normalized spacial score (nSPS) is 11.0. The molecule has 0 amide bonds. The van der Waals surface area contributed by atoms with Crippen LogP contribution >= 0.6 is 11.3 Å². The van der Waals surface area contributed by atoms with Gasteiger partial charge in [-0.15, -0.1) is 10.2 Å². The first-order chi connectivity index (χ1) is 12.6. The molecule has 0 aliphatic heterocycles. The molecule has 4 aromatic rings. The molecule has 132 valence electrons. The van der Waals surface area contributed by atoms with Crippen molar-refractivity contribution in [3.05, 3.63) is 59.4 Å². The van der Waals surface area contributed by atoms with Crippen LogP contribution in [0.1, 0.15) is 5.01 Å². The van der Waals surface area contributed by atoms with Gasteiger partial charge >= 0.3 is 0 Å². The Morgan fingerprint density at radius 3 is 2.46 bits per heavy atom. The maximum Gasteiger partial charge on any atom is 0.235 e. The summed E-state index contributed by atoms with van der Waals surface area (Å²) in [7, 11) is 4.00. The van der Waals surface area contributed by atoms with Crippen LogP contribution in [0.3, 0.4) is 0 Å². The van der Waals surface area contributed by atoms with Crippen molar-refractivity contribution in [1.29, 1.82) is 0 Å². The van der Waals surface area contributed by atoms with Gasteiger partial charge in [0.2, 0.25) is 4.96 Å². The summed E-state index contributed by atoms with van der Waals surface area (Å²) in [6, 6.07) is 14.0. The largest absolute Gasteiger partial charge is 0.486 e. The molecule has 0 aliphatic carbocycles. The average Bonchev–Trinajstić information content (AvgIpc) is 3.21. The molecular formula is C18H16FN5OS. The predicted octanol–water partition coefficient (Wildman–Crippen LogP) is 3.64. The van der Waals surface area contributed by atoms with E-state index in [1.54, 1.807) is 16.6 Å². The Bertz CT molecular complexity index is 1020. The first-order valence-corrected chi connectivity index (χ1v) is 8.79. The number of aromatic nitrogens is 4. The first kappa shape index (κ1) is 16.5. The Labute approximate surface area is 153 Å². The van der Waals surface area contributed by atoms with Crippen molar-refractivity contribution in [1.82, 2.24) is 19.8 Å². The highest BCUT2D eigenvalue weighted by Gasteiger charge is 2.14. The van der Waals surface area contributed by atoms with Crippen molar-refractivity contribution in [2.45, 2.75) is 6.61 Å². The van der Waals surface area contributed by atoms with E-state index in [2.05, 4.69) is 15.3 Å². The molecule has 4 rings (SSSR count). The van der Waals surface area contributed by atoms with Crippen LogP contribution < -0.4 is 9.64 Å². The Kier molecular flexibility index (Phi) is 4.26. The summed E-state index contributed by atoms with van der Waals surface area (Å²) in [5.74, 6) is 0.993. The van der Waals surface area contributed by atoms with E-state index in [1.165, 1.54) is 23.5 Å². The number of fused-ring (bicyclic) bond motifs is 1. The fourth-order valence-corrected chi connectivity index (χ4v) is 3.23. The molecule has 26 heavy (non-hydrogen) atoms. The van der Waals surface area contributed by atoms with Crippen molar-refractivity contribution < 1.29 is 9.13 Å². The summed E-state index contributed by atoms with van der Waals surface area (Å²) < 4.78 is 20.3. The monoisotopic (exact) mass is 369 g/mol. The smallest absolute Gasteiger partial charge is 0.235 e. The summed E-state index contributed by atoms with van der Waals surface area (Å²) in [6.45, 7) is 0.290. The fraction of sp³-hybridized carbons (Fsp3) is 0.167. The second-order valence-electron chi connectivity index (χ2n) is 5.90. The lowest BCUT2D eigenvalue weighted by atomic mass is 10.2. The van der Waals surface area contributed by atoms with Gasteiger partial charge in [-0.2, -0.15) is 9.61 Å². The molecule has 6 nitrogen and oxygen atoms in total. The van der Waals surface area contributed by atoms with Crippen molar-refractivity contribution in [3.63, 3.8) is 0 Å². The molecule has 0 bridgehead atoms. The molecule has 2 heterocycles. The quantitative estimate of drug-likeness (QED) is 0.538. The van der Waals surface area contributed by atoms with Gasteiger partial charge < -0.3 is 9.64 Å². The van der Waals surface area contributed by atoms with Gasteiger partial charge in [0.05, 0.1) is 0 Å². The summed E-state index contributed by atoms with van der Waals surface area (Å²) >= 11 is 1.41. The van der Waals surface area contributed by atoms with Crippen LogP contribution in [0.15, 0.2) is 48.5 Å². The number of benzene rings is 2. The summed E-state index contributed by atoms with van der Waals surface area (Å²) in [5.41, 5.74) is 2.06. The fourth-order valence-electron chi connectivity index (χ4n) is 2.48. The molecule has 0 saturated heterocycles. The molecule has 0 radical (unpaired) electrons. The van der Waals surface area contributed by atoms with Gasteiger partial charge in [0, 0.05) is 25.3 Å². The first-order valence-electron chi connectivity index (χ1n) is 7.97. The molecular weight excluding hydrogens is 353 g/mol. The zero-order valence-electron chi connectivity index (χ0n) is 14.3.